The van der Waals surface area contributed by atoms with Crippen molar-refractivity contribution in [1.82, 2.24) is 5.32 Å². The molecule has 0 heterocycles. The molecule has 1 aliphatic rings. The van der Waals surface area contributed by atoms with Crippen LogP contribution in [0.25, 0.3) is 11.1 Å². The Labute approximate surface area is 167 Å². The minimum Gasteiger partial charge on any atom is -0.508 e. The molecule has 146 valence electrons. The lowest BCUT2D eigenvalue weighted by Gasteiger charge is -2.17. The number of carboxylic acids is 1. The number of carbonyl (C=O) groups is 2. The highest BCUT2D eigenvalue weighted by Gasteiger charge is 2.30. The van der Waals surface area contributed by atoms with Crippen molar-refractivity contribution in [1.29, 1.82) is 0 Å². The molecular formula is C23H19NO5. The molecule has 29 heavy (non-hydrogen) atoms. The van der Waals surface area contributed by atoms with Gasteiger partial charge in [0.1, 0.15) is 12.4 Å². The molecule has 3 aromatic rings. The van der Waals surface area contributed by atoms with E-state index in [1.165, 1.54) is 24.3 Å². The summed E-state index contributed by atoms with van der Waals surface area (Å²) in [6, 6.07) is 20.3. The summed E-state index contributed by atoms with van der Waals surface area (Å²) in [5.74, 6) is -1.31. The summed E-state index contributed by atoms with van der Waals surface area (Å²) in [4.78, 5) is 23.9. The summed E-state index contributed by atoms with van der Waals surface area (Å²) in [7, 11) is 0. The number of carboxylic acid groups (broad SMARTS) is 1. The lowest BCUT2D eigenvalue weighted by Crippen LogP contribution is -2.34. The van der Waals surface area contributed by atoms with E-state index in [9.17, 15) is 19.8 Å². The van der Waals surface area contributed by atoms with Crippen molar-refractivity contribution in [2.75, 3.05) is 6.61 Å². The second kappa shape index (κ2) is 7.67. The van der Waals surface area contributed by atoms with E-state index in [0.717, 1.165) is 22.3 Å². The monoisotopic (exact) mass is 389 g/mol. The Kier molecular flexibility index (Phi) is 4.91. The molecule has 1 aliphatic carbocycles. The molecule has 3 aromatic carbocycles. The third kappa shape index (κ3) is 3.65. The first-order valence-corrected chi connectivity index (χ1v) is 9.18. The fraction of sp³-hybridized carbons (Fsp3) is 0.130. The average molecular weight is 389 g/mol. The van der Waals surface area contributed by atoms with Crippen LogP contribution in [0.2, 0.25) is 0 Å². The average Bonchev–Trinajstić information content (AvgIpc) is 3.05. The van der Waals surface area contributed by atoms with E-state index < -0.39 is 18.1 Å². The standard InChI is InChI=1S/C23H19NO5/c25-15-11-9-14(10-12-15)21(22(26)27)24-23(28)29-13-20-18-7-3-1-5-16(18)17-6-2-4-8-19(17)20/h1-12,20-21,25H,13H2,(H,24,28)(H,26,27)/t21-/m1/s1. The van der Waals surface area contributed by atoms with Crippen LogP contribution in [0.15, 0.2) is 72.8 Å². The van der Waals surface area contributed by atoms with Crippen LogP contribution in [0.4, 0.5) is 4.79 Å². The highest BCUT2D eigenvalue weighted by Crippen LogP contribution is 2.44. The van der Waals surface area contributed by atoms with Crippen molar-refractivity contribution >= 4 is 12.1 Å². The first kappa shape index (κ1) is 18.6. The Morgan fingerprint density at radius 3 is 2.00 bits per heavy atom. The lowest BCUT2D eigenvalue weighted by molar-refractivity contribution is -0.139. The van der Waals surface area contributed by atoms with Crippen molar-refractivity contribution in [2.24, 2.45) is 0 Å². The summed E-state index contributed by atoms with van der Waals surface area (Å²) < 4.78 is 5.40. The second-order valence-electron chi connectivity index (χ2n) is 6.83. The maximum Gasteiger partial charge on any atom is 0.408 e. The normalized spacial score (nSPS) is 13.2. The van der Waals surface area contributed by atoms with Crippen LogP contribution >= 0.6 is 0 Å². The van der Waals surface area contributed by atoms with Gasteiger partial charge >= 0.3 is 12.1 Å². The zero-order valence-corrected chi connectivity index (χ0v) is 15.4. The summed E-state index contributed by atoms with van der Waals surface area (Å²) in [6.45, 7) is 0.0990. The second-order valence-corrected chi connectivity index (χ2v) is 6.83. The van der Waals surface area contributed by atoms with Crippen LogP contribution < -0.4 is 5.32 Å². The molecule has 3 N–H and O–H groups in total. The molecule has 0 radical (unpaired) electrons. The highest BCUT2D eigenvalue weighted by molar-refractivity contribution is 5.82. The van der Waals surface area contributed by atoms with Crippen LogP contribution in [-0.2, 0) is 9.53 Å². The quantitative estimate of drug-likeness (QED) is 0.612. The molecule has 0 aliphatic heterocycles. The van der Waals surface area contributed by atoms with Crippen LogP contribution in [0, 0.1) is 0 Å². The first-order chi connectivity index (χ1) is 14.0. The maximum atomic E-state index is 12.3. The molecule has 0 unspecified atom stereocenters. The van der Waals surface area contributed by atoms with Gasteiger partial charge in [-0.3, -0.25) is 0 Å². The Hall–Kier alpha value is -3.80. The molecule has 4 rings (SSSR count). The van der Waals surface area contributed by atoms with Gasteiger partial charge in [-0.15, -0.1) is 0 Å². The predicted octanol–water partition coefficient (Wildman–Crippen LogP) is 4.06. The number of aliphatic carboxylic acids is 1. The third-order valence-corrected chi connectivity index (χ3v) is 5.08. The Morgan fingerprint density at radius 2 is 1.45 bits per heavy atom. The van der Waals surface area contributed by atoms with E-state index in [1.807, 2.05) is 48.5 Å². The molecule has 0 bridgehead atoms. The number of phenols is 1. The number of hydrogen-bond acceptors (Lipinski definition) is 4. The first-order valence-electron chi connectivity index (χ1n) is 9.18. The van der Waals surface area contributed by atoms with Gasteiger partial charge in [0, 0.05) is 5.92 Å². The van der Waals surface area contributed by atoms with E-state index in [0.29, 0.717) is 5.56 Å². The van der Waals surface area contributed by atoms with Gasteiger partial charge in [-0.1, -0.05) is 60.7 Å². The SMILES string of the molecule is O=C(N[C@@H](C(=O)O)c1ccc(O)cc1)OCC1c2ccccc2-c2ccccc21. The van der Waals surface area contributed by atoms with Crippen molar-refractivity contribution in [3.05, 3.63) is 89.5 Å². The number of hydrogen-bond donors (Lipinski definition) is 3. The number of phenolic OH excluding ortho intramolecular Hbond substituents is 1. The molecule has 0 fully saturated rings. The fourth-order valence-corrected chi connectivity index (χ4v) is 3.71. The van der Waals surface area contributed by atoms with Crippen LogP contribution in [0.5, 0.6) is 5.75 Å². The van der Waals surface area contributed by atoms with Gasteiger partial charge in [0.05, 0.1) is 0 Å². The highest BCUT2D eigenvalue weighted by atomic mass is 16.5. The molecule has 0 saturated carbocycles. The number of nitrogens with one attached hydrogen (secondary N) is 1. The Morgan fingerprint density at radius 1 is 0.897 bits per heavy atom. The van der Waals surface area contributed by atoms with E-state index in [-0.39, 0.29) is 18.3 Å². The molecule has 0 spiro atoms. The van der Waals surface area contributed by atoms with E-state index in [4.69, 9.17) is 4.74 Å². The minimum absolute atomic E-state index is 0.0130. The molecular weight excluding hydrogens is 370 g/mol. The van der Waals surface area contributed by atoms with E-state index in [2.05, 4.69) is 5.32 Å². The smallest absolute Gasteiger partial charge is 0.408 e. The summed E-state index contributed by atoms with van der Waals surface area (Å²) in [5.41, 5.74) is 4.72. The summed E-state index contributed by atoms with van der Waals surface area (Å²) in [6.07, 6.45) is -0.813. The van der Waals surface area contributed by atoms with Crippen LogP contribution in [0.3, 0.4) is 0 Å². The molecule has 0 aromatic heterocycles. The third-order valence-electron chi connectivity index (χ3n) is 5.08. The Bertz CT molecular complexity index is 1020. The number of fused-ring (bicyclic) bond motifs is 3. The summed E-state index contributed by atoms with van der Waals surface area (Å²) in [5, 5.41) is 21.2. The van der Waals surface area contributed by atoms with Crippen molar-refractivity contribution in [3.63, 3.8) is 0 Å². The molecule has 1 amide bonds. The minimum atomic E-state index is -1.27. The molecule has 1 atom stereocenters. The van der Waals surface area contributed by atoms with Crippen molar-refractivity contribution in [2.45, 2.75) is 12.0 Å². The largest absolute Gasteiger partial charge is 0.508 e. The number of alkyl carbamates (subject to hydrolysis) is 1. The number of ether oxygens (including phenoxy) is 1. The number of aromatic hydroxyl groups is 1. The van der Waals surface area contributed by atoms with E-state index in [1.54, 1.807) is 0 Å². The molecule has 6 heteroatoms. The number of amides is 1. The number of benzene rings is 3. The maximum absolute atomic E-state index is 12.3. The van der Waals surface area contributed by atoms with Crippen molar-refractivity contribution in [3.8, 4) is 16.9 Å². The number of carbonyl (C=O) groups excluding carboxylic acids is 1. The molecule has 0 saturated heterocycles. The molecule has 6 nitrogen and oxygen atoms in total. The fourth-order valence-electron chi connectivity index (χ4n) is 3.71. The van der Waals surface area contributed by atoms with Gasteiger partial charge in [-0.25, -0.2) is 9.59 Å². The lowest BCUT2D eigenvalue weighted by atomic mass is 9.98. The van der Waals surface area contributed by atoms with Gasteiger partial charge in [-0.05, 0) is 39.9 Å². The zero-order valence-electron chi connectivity index (χ0n) is 15.4. The van der Waals surface area contributed by atoms with Crippen LogP contribution in [-0.4, -0.2) is 28.9 Å². The zero-order chi connectivity index (χ0) is 20.4. The number of rotatable bonds is 5. The Balaban J connectivity index is 1.48. The van der Waals surface area contributed by atoms with E-state index >= 15 is 0 Å². The van der Waals surface area contributed by atoms with Gasteiger partial charge in [0.2, 0.25) is 0 Å². The topological polar surface area (TPSA) is 95.9 Å². The van der Waals surface area contributed by atoms with Gasteiger partial charge in [-0.2, -0.15) is 0 Å². The van der Waals surface area contributed by atoms with Gasteiger partial charge in [0.15, 0.2) is 6.04 Å². The van der Waals surface area contributed by atoms with Crippen molar-refractivity contribution < 1.29 is 24.5 Å². The van der Waals surface area contributed by atoms with Gasteiger partial charge in [0.25, 0.3) is 0 Å². The summed E-state index contributed by atoms with van der Waals surface area (Å²) >= 11 is 0. The predicted molar refractivity (Wildman–Crippen MR) is 107 cm³/mol. The van der Waals surface area contributed by atoms with Crippen LogP contribution in [0.1, 0.15) is 28.7 Å². The van der Waals surface area contributed by atoms with Gasteiger partial charge < -0.3 is 20.3 Å².